The lowest BCUT2D eigenvalue weighted by Crippen LogP contribution is -2.46. The molecule has 0 atom stereocenters. The Kier molecular flexibility index (Phi) is 3.29. The zero-order valence-corrected chi connectivity index (χ0v) is 13.7. The molecule has 4 nitrogen and oxygen atoms in total. The van der Waals surface area contributed by atoms with E-state index in [2.05, 4.69) is 0 Å². The minimum absolute atomic E-state index is 0.0259. The largest absolute Gasteiger partial charge is 0.508 e. The fourth-order valence-corrected chi connectivity index (χ4v) is 3.71. The average Bonchev–Trinajstić information content (AvgIpc) is 2.86. The van der Waals surface area contributed by atoms with Crippen LogP contribution in [0, 0.1) is 0 Å². The summed E-state index contributed by atoms with van der Waals surface area (Å²) in [5.41, 5.74) is 2.00. The summed E-state index contributed by atoms with van der Waals surface area (Å²) in [7, 11) is 1.89. The number of hydrogen-bond donors (Lipinski definition) is 2. The van der Waals surface area contributed by atoms with Crippen molar-refractivity contribution in [3.63, 3.8) is 0 Å². The molecular formula is C21H17NO3. The fraction of sp³-hybridized carbons (Fsp3) is 0.0952. The molecule has 4 heteroatoms. The number of phenolic OH excluding ortho intramolecular Hbond substituents is 2. The number of rotatable bonds is 2. The maximum Gasteiger partial charge on any atom is 0.199 e. The molecule has 0 amide bonds. The zero-order chi connectivity index (χ0) is 17.6. The summed E-state index contributed by atoms with van der Waals surface area (Å²) in [6.07, 6.45) is 0. The van der Waals surface area contributed by atoms with Crippen molar-refractivity contribution in [3.8, 4) is 11.5 Å². The molecule has 0 saturated carbocycles. The van der Waals surface area contributed by atoms with Gasteiger partial charge in [0.25, 0.3) is 0 Å². The van der Waals surface area contributed by atoms with E-state index in [0.29, 0.717) is 5.56 Å². The van der Waals surface area contributed by atoms with Gasteiger partial charge >= 0.3 is 0 Å². The quantitative estimate of drug-likeness (QED) is 0.752. The van der Waals surface area contributed by atoms with Crippen LogP contribution in [0.1, 0.15) is 21.5 Å². The molecule has 25 heavy (non-hydrogen) atoms. The Labute approximate surface area is 145 Å². The van der Waals surface area contributed by atoms with E-state index in [-0.39, 0.29) is 17.3 Å². The lowest BCUT2D eigenvalue weighted by Gasteiger charge is -2.37. The van der Waals surface area contributed by atoms with Crippen LogP contribution in [0.3, 0.4) is 0 Å². The molecule has 0 fully saturated rings. The molecule has 0 aliphatic carbocycles. The van der Waals surface area contributed by atoms with E-state index in [1.165, 1.54) is 0 Å². The van der Waals surface area contributed by atoms with Crippen LogP contribution in [0.4, 0.5) is 5.69 Å². The number of aromatic hydroxyl groups is 2. The van der Waals surface area contributed by atoms with Gasteiger partial charge in [-0.25, -0.2) is 0 Å². The van der Waals surface area contributed by atoms with Gasteiger partial charge in [-0.05, 0) is 47.5 Å². The maximum atomic E-state index is 13.5. The van der Waals surface area contributed by atoms with Crippen molar-refractivity contribution < 1.29 is 15.0 Å². The number of nitrogens with zero attached hydrogens (tertiary/aromatic N) is 1. The first-order valence-corrected chi connectivity index (χ1v) is 8.02. The highest BCUT2D eigenvalue weighted by Crippen LogP contribution is 2.48. The van der Waals surface area contributed by atoms with Gasteiger partial charge in [0.1, 0.15) is 11.5 Å². The van der Waals surface area contributed by atoms with Crippen LogP contribution in [0.2, 0.25) is 0 Å². The van der Waals surface area contributed by atoms with Gasteiger partial charge in [-0.15, -0.1) is 0 Å². The molecule has 0 saturated heterocycles. The average molecular weight is 331 g/mol. The number of ketones is 1. The van der Waals surface area contributed by atoms with E-state index < -0.39 is 5.54 Å². The summed E-state index contributed by atoms with van der Waals surface area (Å²) in [5.74, 6) is 0.271. The molecule has 3 aromatic rings. The second-order valence-electron chi connectivity index (χ2n) is 6.21. The smallest absolute Gasteiger partial charge is 0.199 e. The Bertz CT molecular complexity index is 900. The van der Waals surface area contributed by atoms with E-state index >= 15 is 0 Å². The van der Waals surface area contributed by atoms with Crippen molar-refractivity contribution in [3.05, 3.63) is 89.5 Å². The first-order chi connectivity index (χ1) is 12.0. The molecule has 0 radical (unpaired) electrons. The molecule has 0 unspecified atom stereocenters. The molecule has 0 bridgehead atoms. The highest BCUT2D eigenvalue weighted by molar-refractivity contribution is 6.16. The van der Waals surface area contributed by atoms with Gasteiger partial charge in [-0.2, -0.15) is 0 Å². The summed E-state index contributed by atoms with van der Waals surface area (Å²) < 4.78 is 0. The fourth-order valence-electron chi connectivity index (χ4n) is 3.71. The van der Waals surface area contributed by atoms with E-state index in [1.54, 1.807) is 48.5 Å². The van der Waals surface area contributed by atoms with Crippen LogP contribution in [0.5, 0.6) is 11.5 Å². The van der Waals surface area contributed by atoms with Crippen LogP contribution < -0.4 is 4.90 Å². The molecular weight excluding hydrogens is 314 g/mol. The summed E-state index contributed by atoms with van der Waals surface area (Å²) in [4.78, 5) is 15.5. The van der Waals surface area contributed by atoms with E-state index in [0.717, 1.165) is 16.8 Å². The van der Waals surface area contributed by atoms with Gasteiger partial charge in [0.15, 0.2) is 11.3 Å². The van der Waals surface area contributed by atoms with Crippen molar-refractivity contribution in [1.29, 1.82) is 0 Å². The van der Waals surface area contributed by atoms with Gasteiger partial charge in [0, 0.05) is 18.3 Å². The second kappa shape index (κ2) is 5.38. The topological polar surface area (TPSA) is 60.8 Å². The van der Waals surface area contributed by atoms with E-state index in [1.807, 2.05) is 36.2 Å². The molecule has 1 aliphatic rings. The third-order valence-corrected chi connectivity index (χ3v) is 4.91. The highest BCUT2D eigenvalue weighted by atomic mass is 16.3. The number of phenols is 2. The predicted octanol–water partition coefficient (Wildman–Crippen LogP) is 3.67. The van der Waals surface area contributed by atoms with Crippen LogP contribution in [-0.2, 0) is 5.54 Å². The predicted molar refractivity (Wildman–Crippen MR) is 96.2 cm³/mol. The Morgan fingerprint density at radius 3 is 1.72 bits per heavy atom. The number of Topliss-reactive ketones (excluding diaryl/α,β-unsaturated/α-hetero) is 1. The van der Waals surface area contributed by atoms with E-state index in [4.69, 9.17) is 0 Å². The molecule has 124 valence electrons. The van der Waals surface area contributed by atoms with Crippen LogP contribution in [-0.4, -0.2) is 23.0 Å². The third kappa shape index (κ3) is 2.04. The van der Waals surface area contributed by atoms with Gasteiger partial charge in [-0.3, -0.25) is 4.79 Å². The minimum atomic E-state index is -1.04. The molecule has 1 aliphatic heterocycles. The van der Waals surface area contributed by atoms with Gasteiger partial charge in [-0.1, -0.05) is 36.4 Å². The van der Waals surface area contributed by atoms with Gasteiger partial charge < -0.3 is 15.1 Å². The number of benzene rings is 3. The Morgan fingerprint density at radius 2 is 1.24 bits per heavy atom. The van der Waals surface area contributed by atoms with Crippen LogP contribution >= 0.6 is 0 Å². The molecule has 3 aromatic carbocycles. The third-order valence-electron chi connectivity index (χ3n) is 4.91. The number of para-hydroxylation sites is 1. The number of likely N-dealkylation sites (N-methyl/N-ethyl adjacent to an activating group) is 1. The standard InChI is InChI=1S/C21H17NO3/c1-22-19-5-3-2-4-18(19)20(25)21(22,14-6-10-16(23)11-7-14)15-8-12-17(24)13-9-15/h2-13,23-24H,1H3. The molecule has 0 spiro atoms. The summed E-state index contributed by atoms with van der Waals surface area (Å²) in [6.45, 7) is 0. The first kappa shape index (κ1) is 15.3. The second-order valence-corrected chi connectivity index (χ2v) is 6.21. The number of carbonyl (C=O) groups is 1. The lowest BCUT2D eigenvalue weighted by atomic mass is 9.78. The summed E-state index contributed by atoms with van der Waals surface area (Å²) in [5, 5.41) is 19.3. The van der Waals surface area contributed by atoms with Crippen LogP contribution in [0.25, 0.3) is 0 Å². The number of fused-ring (bicyclic) bond motifs is 1. The van der Waals surface area contributed by atoms with Gasteiger partial charge in [0.2, 0.25) is 0 Å². The van der Waals surface area contributed by atoms with Crippen molar-refractivity contribution in [1.82, 2.24) is 0 Å². The lowest BCUT2D eigenvalue weighted by molar-refractivity contribution is 0.0928. The highest BCUT2D eigenvalue weighted by Gasteiger charge is 2.52. The zero-order valence-electron chi connectivity index (χ0n) is 13.7. The number of hydrogen-bond acceptors (Lipinski definition) is 4. The number of anilines is 1. The Balaban J connectivity index is 2.03. The number of carbonyl (C=O) groups excluding carboxylic acids is 1. The Hall–Kier alpha value is -3.27. The van der Waals surface area contributed by atoms with Crippen molar-refractivity contribution in [2.75, 3.05) is 11.9 Å². The minimum Gasteiger partial charge on any atom is -0.508 e. The molecule has 2 N–H and O–H groups in total. The van der Waals surface area contributed by atoms with Crippen molar-refractivity contribution in [2.24, 2.45) is 0 Å². The normalized spacial score (nSPS) is 15.2. The summed E-state index contributed by atoms with van der Waals surface area (Å²) in [6, 6.07) is 20.9. The molecule has 0 aromatic heterocycles. The molecule has 1 heterocycles. The van der Waals surface area contributed by atoms with E-state index in [9.17, 15) is 15.0 Å². The van der Waals surface area contributed by atoms with Crippen molar-refractivity contribution >= 4 is 11.5 Å². The van der Waals surface area contributed by atoms with Gasteiger partial charge in [0.05, 0.1) is 0 Å². The molecule has 4 rings (SSSR count). The SMILES string of the molecule is CN1c2ccccc2C(=O)C1(c1ccc(O)cc1)c1ccc(O)cc1. The first-order valence-electron chi connectivity index (χ1n) is 8.02. The van der Waals surface area contributed by atoms with Crippen LogP contribution in [0.15, 0.2) is 72.8 Å². The maximum absolute atomic E-state index is 13.5. The monoisotopic (exact) mass is 331 g/mol. The van der Waals surface area contributed by atoms with Crippen molar-refractivity contribution in [2.45, 2.75) is 5.54 Å². The summed E-state index contributed by atoms with van der Waals surface area (Å²) >= 11 is 0. The Morgan fingerprint density at radius 1 is 0.760 bits per heavy atom.